The van der Waals surface area contributed by atoms with Gasteiger partial charge in [0.2, 0.25) is 0 Å². The van der Waals surface area contributed by atoms with Gasteiger partial charge in [0.1, 0.15) is 11.5 Å². The normalized spacial score (nSPS) is 12.5. The Balaban J connectivity index is 1.86. The van der Waals surface area contributed by atoms with Gasteiger partial charge in [-0.1, -0.05) is 12.1 Å². The molecule has 2 heterocycles. The van der Waals surface area contributed by atoms with E-state index in [1.54, 1.807) is 7.05 Å². The molecule has 186 valence electrons. The molecule has 0 saturated carbocycles. The minimum atomic E-state index is -4.66. The van der Waals surface area contributed by atoms with Gasteiger partial charge in [0, 0.05) is 30.3 Å². The van der Waals surface area contributed by atoms with Crippen molar-refractivity contribution in [3.05, 3.63) is 87.2 Å². The number of aryl methyl sites for hydroxylation is 1. The van der Waals surface area contributed by atoms with Crippen LogP contribution < -0.4 is 17.0 Å². The Labute approximate surface area is 201 Å². The smallest absolute Gasteiger partial charge is 0.399 e. The molecule has 0 fully saturated rings. The summed E-state index contributed by atoms with van der Waals surface area (Å²) < 4.78 is 56.7. The molecule has 1 amide bonds. The van der Waals surface area contributed by atoms with Crippen molar-refractivity contribution in [2.45, 2.75) is 19.0 Å². The lowest BCUT2D eigenvalue weighted by molar-refractivity contribution is -0.137. The van der Waals surface area contributed by atoms with Crippen molar-refractivity contribution in [2.75, 3.05) is 5.73 Å². The largest absolute Gasteiger partial charge is 0.416 e. The summed E-state index contributed by atoms with van der Waals surface area (Å²) in [4.78, 5) is 25.3. The third kappa shape index (κ3) is 4.54. The van der Waals surface area contributed by atoms with Crippen LogP contribution in [0.25, 0.3) is 16.9 Å². The molecule has 13 heteroatoms. The maximum absolute atomic E-state index is 14.8. The number of alkyl halides is 3. The van der Waals surface area contributed by atoms with Crippen molar-refractivity contribution in [3.8, 4) is 16.9 Å². The first kappa shape index (κ1) is 24.6. The van der Waals surface area contributed by atoms with Gasteiger partial charge >= 0.3 is 6.18 Å². The topological polar surface area (TPSA) is 135 Å². The first-order valence-electron chi connectivity index (χ1n) is 10.4. The average Bonchev–Trinajstić information content (AvgIpc) is 3.23. The van der Waals surface area contributed by atoms with Crippen LogP contribution in [0.5, 0.6) is 0 Å². The summed E-state index contributed by atoms with van der Waals surface area (Å²) in [7, 11) is 1.62. The van der Waals surface area contributed by atoms with Crippen molar-refractivity contribution >= 4 is 11.6 Å². The fraction of sp³-hybridized carbons (Fsp3) is 0.174. The molecule has 0 spiro atoms. The van der Waals surface area contributed by atoms with E-state index < -0.39 is 40.6 Å². The van der Waals surface area contributed by atoms with Crippen LogP contribution in [0, 0.1) is 5.82 Å². The Morgan fingerprint density at radius 1 is 1.11 bits per heavy atom. The van der Waals surface area contributed by atoms with Crippen LogP contribution in [-0.2, 0) is 13.2 Å². The van der Waals surface area contributed by atoms with Gasteiger partial charge in [-0.3, -0.25) is 9.59 Å². The van der Waals surface area contributed by atoms with Crippen LogP contribution in [0.4, 0.5) is 23.2 Å². The molecule has 4 N–H and O–H groups in total. The first-order chi connectivity index (χ1) is 16.9. The van der Waals surface area contributed by atoms with E-state index >= 15 is 0 Å². The number of rotatable bonds is 5. The predicted octanol–water partition coefficient (Wildman–Crippen LogP) is 3.02. The van der Waals surface area contributed by atoms with Crippen LogP contribution >= 0.6 is 0 Å². The summed E-state index contributed by atoms with van der Waals surface area (Å²) in [5.41, 5.74) is 9.51. The summed E-state index contributed by atoms with van der Waals surface area (Å²) in [6.07, 6.45) is -3.22. The SMILES string of the molecule is C[C@H](c1cc(N)cc(C(F)(F)F)c1)c1cc(=O)n(-c2cc(-c3cnnn3C)ccc2F)nc1C(N)=O. The van der Waals surface area contributed by atoms with Gasteiger partial charge in [0.15, 0.2) is 5.69 Å². The molecule has 4 rings (SSSR count). The lowest BCUT2D eigenvalue weighted by atomic mass is 9.90. The number of halogens is 4. The lowest BCUT2D eigenvalue weighted by Crippen LogP contribution is -2.29. The zero-order valence-electron chi connectivity index (χ0n) is 18.9. The Hall–Kier alpha value is -4.55. The van der Waals surface area contributed by atoms with Gasteiger partial charge in [-0.2, -0.15) is 23.0 Å². The van der Waals surface area contributed by atoms with E-state index in [0.29, 0.717) is 15.9 Å². The van der Waals surface area contributed by atoms with Gasteiger partial charge in [-0.15, -0.1) is 5.10 Å². The minimum absolute atomic E-state index is 0.0325. The summed E-state index contributed by atoms with van der Waals surface area (Å²) in [5, 5.41) is 11.6. The van der Waals surface area contributed by atoms with Crippen molar-refractivity contribution < 1.29 is 22.4 Å². The lowest BCUT2D eigenvalue weighted by Gasteiger charge is -2.18. The Bertz CT molecular complexity index is 1540. The molecule has 0 unspecified atom stereocenters. The second-order valence-electron chi connectivity index (χ2n) is 8.08. The van der Waals surface area contributed by atoms with Crippen LogP contribution in [-0.4, -0.2) is 30.7 Å². The molecule has 0 saturated heterocycles. The quantitative estimate of drug-likeness (QED) is 0.319. The van der Waals surface area contributed by atoms with E-state index in [1.807, 2.05) is 0 Å². The van der Waals surface area contributed by atoms with Gasteiger partial charge < -0.3 is 11.5 Å². The molecule has 0 radical (unpaired) electrons. The summed E-state index contributed by atoms with van der Waals surface area (Å²) in [5.74, 6) is -2.80. The highest BCUT2D eigenvalue weighted by Crippen LogP contribution is 2.35. The standard InChI is InChI=1S/C23H19F4N7O2/c1-11(13-5-14(23(25,26)27)8-15(28)6-13)16-9-20(35)34(31-21(16)22(29)36)18-7-12(3-4-17(18)24)19-10-30-32-33(19)2/h3-11H,28H2,1-2H3,(H2,29,36)/t11-/m1/s1. The summed E-state index contributed by atoms with van der Waals surface area (Å²) in [6.45, 7) is 1.47. The number of primary amides is 1. The summed E-state index contributed by atoms with van der Waals surface area (Å²) in [6, 6.07) is 7.80. The number of hydrogen-bond donors (Lipinski definition) is 2. The highest BCUT2D eigenvalue weighted by molar-refractivity contribution is 5.92. The Morgan fingerprint density at radius 3 is 2.44 bits per heavy atom. The third-order valence-electron chi connectivity index (χ3n) is 5.65. The van der Waals surface area contributed by atoms with Crippen LogP contribution in [0.3, 0.4) is 0 Å². The van der Waals surface area contributed by atoms with Crippen molar-refractivity contribution in [1.82, 2.24) is 24.8 Å². The highest BCUT2D eigenvalue weighted by atomic mass is 19.4. The number of amides is 1. The molecule has 4 aromatic rings. The van der Waals surface area contributed by atoms with E-state index in [9.17, 15) is 27.2 Å². The number of nitrogens with two attached hydrogens (primary N) is 2. The number of anilines is 1. The van der Waals surface area contributed by atoms with E-state index in [2.05, 4.69) is 15.4 Å². The molecule has 2 aromatic heterocycles. The van der Waals surface area contributed by atoms with Crippen LogP contribution in [0.1, 0.15) is 40.0 Å². The van der Waals surface area contributed by atoms with E-state index in [4.69, 9.17) is 11.5 Å². The second kappa shape index (κ2) is 8.91. The first-order valence-corrected chi connectivity index (χ1v) is 10.4. The van der Waals surface area contributed by atoms with Gasteiger partial charge in [0.05, 0.1) is 17.5 Å². The zero-order valence-corrected chi connectivity index (χ0v) is 18.9. The fourth-order valence-corrected chi connectivity index (χ4v) is 3.82. The molecule has 0 aliphatic heterocycles. The second-order valence-corrected chi connectivity index (χ2v) is 8.08. The van der Waals surface area contributed by atoms with Gasteiger partial charge in [0.25, 0.3) is 11.5 Å². The molecule has 9 nitrogen and oxygen atoms in total. The zero-order chi connectivity index (χ0) is 26.4. The van der Waals surface area contributed by atoms with Crippen LogP contribution in [0.2, 0.25) is 0 Å². The molecule has 2 aromatic carbocycles. The van der Waals surface area contributed by atoms with Crippen LogP contribution in [0.15, 0.2) is 53.5 Å². The molecule has 0 bridgehead atoms. The van der Waals surface area contributed by atoms with Gasteiger partial charge in [-0.25, -0.2) is 9.07 Å². The molecule has 0 aliphatic rings. The summed E-state index contributed by atoms with van der Waals surface area (Å²) >= 11 is 0. The van der Waals surface area contributed by atoms with Crippen molar-refractivity contribution in [1.29, 1.82) is 0 Å². The number of carbonyl (C=O) groups excluding carboxylic acids is 1. The molecular formula is C23H19F4N7O2. The number of benzene rings is 2. The fourth-order valence-electron chi connectivity index (χ4n) is 3.82. The number of aromatic nitrogens is 5. The van der Waals surface area contributed by atoms with Gasteiger partial charge in [-0.05, 0) is 47.5 Å². The number of nitrogen functional groups attached to an aromatic ring is 1. The maximum Gasteiger partial charge on any atom is 0.416 e. The number of hydrogen-bond acceptors (Lipinski definition) is 6. The molecule has 0 aliphatic carbocycles. The Kier molecular flexibility index (Phi) is 6.08. The maximum atomic E-state index is 14.8. The monoisotopic (exact) mass is 501 g/mol. The van der Waals surface area contributed by atoms with E-state index in [0.717, 1.165) is 24.3 Å². The molecule has 1 atom stereocenters. The van der Waals surface area contributed by atoms with Crippen molar-refractivity contribution in [2.24, 2.45) is 12.8 Å². The predicted molar refractivity (Wildman–Crippen MR) is 122 cm³/mol. The third-order valence-corrected chi connectivity index (χ3v) is 5.65. The average molecular weight is 501 g/mol. The van der Waals surface area contributed by atoms with E-state index in [1.165, 1.54) is 36.0 Å². The molecular weight excluding hydrogens is 482 g/mol. The Morgan fingerprint density at radius 2 is 1.83 bits per heavy atom. The van der Waals surface area contributed by atoms with Crippen molar-refractivity contribution in [3.63, 3.8) is 0 Å². The molecule has 36 heavy (non-hydrogen) atoms. The minimum Gasteiger partial charge on any atom is -0.399 e. The van der Waals surface area contributed by atoms with E-state index in [-0.39, 0.29) is 22.5 Å². The highest BCUT2D eigenvalue weighted by Gasteiger charge is 2.32. The number of carbonyl (C=O) groups is 1. The number of nitrogens with zero attached hydrogens (tertiary/aromatic N) is 5.